The number of hydrogen-bond acceptors (Lipinski definition) is 0. The van der Waals surface area contributed by atoms with Crippen LogP contribution in [0.15, 0.2) is 18.2 Å². The fraction of sp³-hybridized carbons (Fsp3) is 0. The molecular formula is C6H3BClF4-. The smallest absolute Gasteiger partial charge is 0.445 e. The van der Waals surface area contributed by atoms with Gasteiger partial charge in [0.2, 0.25) is 0 Å². The molecule has 0 saturated carbocycles. The zero-order chi connectivity index (χ0) is 9.35. The first kappa shape index (κ1) is 9.38. The van der Waals surface area contributed by atoms with Gasteiger partial charge in [-0.25, -0.2) is 4.39 Å². The van der Waals surface area contributed by atoms with Gasteiger partial charge in [-0.2, -0.15) is 0 Å². The van der Waals surface area contributed by atoms with Crippen LogP contribution >= 0.6 is 11.6 Å². The van der Waals surface area contributed by atoms with E-state index in [9.17, 15) is 17.3 Å². The summed E-state index contributed by atoms with van der Waals surface area (Å²) in [6.07, 6.45) is 0. The highest BCUT2D eigenvalue weighted by Gasteiger charge is 2.31. The fourth-order valence-corrected chi connectivity index (χ4v) is 1.11. The van der Waals surface area contributed by atoms with Crippen LogP contribution in [0.3, 0.4) is 0 Å². The van der Waals surface area contributed by atoms with Crippen molar-refractivity contribution in [3.05, 3.63) is 29.0 Å². The monoisotopic (exact) mass is 197 g/mol. The van der Waals surface area contributed by atoms with Crippen LogP contribution in [0, 0.1) is 5.82 Å². The zero-order valence-corrected chi connectivity index (χ0v) is 6.46. The number of rotatable bonds is 1. The van der Waals surface area contributed by atoms with Gasteiger partial charge in [0.25, 0.3) is 0 Å². The molecule has 66 valence electrons. The van der Waals surface area contributed by atoms with Gasteiger partial charge < -0.3 is 12.9 Å². The second kappa shape index (κ2) is 2.97. The van der Waals surface area contributed by atoms with Gasteiger partial charge in [-0.15, -0.1) is 0 Å². The van der Waals surface area contributed by atoms with Gasteiger partial charge in [0.05, 0.1) is 5.82 Å². The first-order chi connectivity index (χ1) is 5.43. The van der Waals surface area contributed by atoms with Gasteiger partial charge in [-0.1, -0.05) is 23.1 Å². The van der Waals surface area contributed by atoms with E-state index < -0.39 is 23.3 Å². The van der Waals surface area contributed by atoms with E-state index in [4.69, 9.17) is 11.6 Å². The van der Waals surface area contributed by atoms with Crippen LogP contribution in [0.25, 0.3) is 0 Å². The second-order valence-electron chi connectivity index (χ2n) is 2.21. The summed E-state index contributed by atoms with van der Waals surface area (Å²) in [6.45, 7) is -5.36. The quantitative estimate of drug-likeness (QED) is 0.479. The van der Waals surface area contributed by atoms with Gasteiger partial charge in [0.1, 0.15) is 0 Å². The maximum absolute atomic E-state index is 12.6. The molecule has 0 unspecified atom stereocenters. The lowest BCUT2D eigenvalue weighted by Crippen LogP contribution is -2.37. The summed E-state index contributed by atoms with van der Waals surface area (Å²) in [6, 6.07) is 2.87. The fourth-order valence-electron chi connectivity index (χ4n) is 0.823. The molecule has 0 fully saturated rings. The van der Waals surface area contributed by atoms with E-state index >= 15 is 0 Å². The zero-order valence-electron chi connectivity index (χ0n) is 5.70. The summed E-state index contributed by atoms with van der Waals surface area (Å²) < 4.78 is 48.7. The molecule has 0 amide bonds. The minimum atomic E-state index is -5.36. The standard InChI is InChI=1S/C6H3BClF4/c8-4-2-1-3-5(9)6(4)7(10,11)12/h1-3H/q-1. The van der Waals surface area contributed by atoms with Crippen molar-refractivity contribution in [2.24, 2.45) is 0 Å². The largest absolute Gasteiger partial charge is 0.513 e. The van der Waals surface area contributed by atoms with E-state index in [1.165, 1.54) is 0 Å². The highest BCUT2D eigenvalue weighted by Crippen LogP contribution is 2.17. The van der Waals surface area contributed by atoms with Crippen LogP contribution in [0.5, 0.6) is 0 Å². The first-order valence-corrected chi connectivity index (χ1v) is 3.44. The van der Waals surface area contributed by atoms with Crippen LogP contribution in [-0.4, -0.2) is 6.98 Å². The molecule has 1 rings (SSSR count). The molecule has 0 aliphatic rings. The molecule has 12 heavy (non-hydrogen) atoms. The summed E-state index contributed by atoms with van der Waals surface area (Å²) in [5.41, 5.74) is -1.35. The molecule has 0 saturated heterocycles. The van der Waals surface area contributed by atoms with Crippen LogP contribution in [0.1, 0.15) is 0 Å². The molecule has 0 bridgehead atoms. The van der Waals surface area contributed by atoms with E-state index in [1.807, 2.05) is 0 Å². The van der Waals surface area contributed by atoms with E-state index in [0.717, 1.165) is 18.2 Å². The van der Waals surface area contributed by atoms with Gasteiger partial charge in [0, 0.05) is 5.02 Å². The van der Waals surface area contributed by atoms with Crippen molar-refractivity contribution in [3.8, 4) is 0 Å². The molecular weight excluding hydrogens is 194 g/mol. The highest BCUT2D eigenvalue weighted by atomic mass is 35.5. The summed E-state index contributed by atoms with van der Waals surface area (Å²) in [5.74, 6) is -1.32. The minimum Gasteiger partial charge on any atom is -0.445 e. The summed E-state index contributed by atoms with van der Waals surface area (Å²) in [4.78, 5) is 0. The van der Waals surface area contributed by atoms with E-state index in [0.29, 0.717) is 0 Å². The van der Waals surface area contributed by atoms with E-state index in [-0.39, 0.29) is 0 Å². The maximum Gasteiger partial charge on any atom is 0.513 e. The van der Waals surface area contributed by atoms with Crippen molar-refractivity contribution in [2.75, 3.05) is 0 Å². The molecule has 0 nitrogen and oxygen atoms in total. The Hall–Kier alpha value is -0.705. The van der Waals surface area contributed by atoms with E-state index in [1.54, 1.807) is 0 Å². The lowest BCUT2D eigenvalue weighted by Gasteiger charge is -2.16. The topological polar surface area (TPSA) is 0 Å². The van der Waals surface area contributed by atoms with Gasteiger partial charge >= 0.3 is 6.98 Å². The number of hydrogen-bond donors (Lipinski definition) is 0. The van der Waals surface area contributed by atoms with Crippen LogP contribution in [-0.2, 0) is 0 Å². The molecule has 1 aromatic rings. The molecule has 0 aliphatic heterocycles. The van der Waals surface area contributed by atoms with E-state index in [2.05, 4.69) is 0 Å². The molecule has 0 N–H and O–H groups in total. The summed E-state index contributed by atoms with van der Waals surface area (Å²) >= 11 is 5.17. The molecule has 6 heteroatoms. The Morgan fingerprint density at radius 1 is 1.17 bits per heavy atom. The first-order valence-electron chi connectivity index (χ1n) is 3.07. The predicted molar refractivity (Wildman–Crippen MR) is 40.1 cm³/mol. The Morgan fingerprint density at radius 3 is 2.08 bits per heavy atom. The minimum absolute atomic E-state index is 0.595. The average molecular weight is 197 g/mol. The predicted octanol–water partition coefficient (Wildman–Crippen LogP) is 2.53. The second-order valence-corrected chi connectivity index (χ2v) is 2.62. The molecule has 1 aromatic carbocycles. The Kier molecular flexibility index (Phi) is 2.33. The number of benzene rings is 1. The molecule has 0 heterocycles. The Morgan fingerprint density at radius 2 is 1.75 bits per heavy atom. The number of halogens is 5. The SMILES string of the molecule is Fc1cccc(Cl)c1[B-](F)(F)F. The van der Waals surface area contributed by atoms with Crippen LogP contribution < -0.4 is 5.46 Å². The van der Waals surface area contributed by atoms with Crippen molar-refractivity contribution in [2.45, 2.75) is 0 Å². The molecule has 0 aromatic heterocycles. The van der Waals surface area contributed by atoms with Crippen molar-refractivity contribution >= 4 is 24.0 Å². The van der Waals surface area contributed by atoms with Crippen molar-refractivity contribution in [1.29, 1.82) is 0 Å². The van der Waals surface area contributed by atoms with Crippen LogP contribution in [0.4, 0.5) is 17.3 Å². The third-order valence-electron chi connectivity index (χ3n) is 1.33. The van der Waals surface area contributed by atoms with Gasteiger partial charge in [-0.3, -0.25) is 0 Å². The van der Waals surface area contributed by atoms with Crippen molar-refractivity contribution < 1.29 is 17.3 Å². The third kappa shape index (κ3) is 1.72. The normalized spacial score (nSPS) is 11.8. The molecule has 0 spiro atoms. The van der Waals surface area contributed by atoms with Crippen molar-refractivity contribution in [1.82, 2.24) is 0 Å². The molecule has 0 atom stereocenters. The lowest BCUT2D eigenvalue weighted by atomic mass is 9.80. The lowest BCUT2D eigenvalue weighted by molar-refractivity contribution is 0.494. The molecule has 0 aliphatic carbocycles. The van der Waals surface area contributed by atoms with Gasteiger partial charge in [0.15, 0.2) is 0 Å². The van der Waals surface area contributed by atoms with Crippen LogP contribution in [0.2, 0.25) is 5.02 Å². The summed E-state index contributed by atoms with van der Waals surface area (Å²) in [7, 11) is 0. The van der Waals surface area contributed by atoms with Crippen molar-refractivity contribution in [3.63, 3.8) is 0 Å². The maximum atomic E-state index is 12.6. The summed E-state index contributed by atoms with van der Waals surface area (Å²) in [5, 5.41) is -0.595. The highest BCUT2D eigenvalue weighted by molar-refractivity contribution is 6.76. The van der Waals surface area contributed by atoms with Gasteiger partial charge in [-0.05, 0) is 12.1 Å². The third-order valence-corrected chi connectivity index (χ3v) is 1.66. The Balaban J connectivity index is 3.31. The molecule has 0 radical (unpaired) electrons. The Labute approximate surface area is 71.2 Å². The Bertz CT molecular complexity index is 276. The average Bonchev–Trinajstić information content (AvgIpc) is 1.82.